The van der Waals surface area contributed by atoms with E-state index in [0.717, 1.165) is 24.6 Å². The maximum absolute atomic E-state index is 8.67. The zero-order chi connectivity index (χ0) is 10.7. The molecule has 0 aliphatic heterocycles. The van der Waals surface area contributed by atoms with Crippen LogP contribution in [0.25, 0.3) is 0 Å². The van der Waals surface area contributed by atoms with Crippen LogP contribution in [0.4, 0.5) is 5.82 Å². The van der Waals surface area contributed by atoms with E-state index in [2.05, 4.69) is 15.3 Å². The van der Waals surface area contributed by atoms with Gasteiger partial charge in [0, 0.05) is 25.1 Å². The van der Waals surface area contributed by atoms with Crippen LogP contribution in [0.5, 0.6) is 0 Å². The number of anilines is 1. The number of hydrogen-bond acceptors (Lipinski definition) is 4. The van der Waals surface area contributed by atoms with Gasteiger partial charge in [-0.2, -0.15) is 0 Å². The van der Waals surface area contributed by atoms with Gasteiger partial charge in [0.1, 0.15) is 16.3 Å². The molecule has 1 aliphatic rings. The van der Waals surface area contributed by atoms with Crippen LogP contribution in [-0.2, 0) is 0 Å². The third kappa shape index (κ3) is 3.00. The fourth-order valence-corrected chi connectivity index (χ4v) is 1.64. The standard InChI is InChI=1S/C10H15N3OS/c14-5-1-4-11-8-6-9(15)13-10(12-8)7-2-3-7/h6-7,14H,1-5H2,(H2,11,12,13,15). The molecular formula is C10H15N3OS. The molecule has 0 aromatic carbocycles. The number of aliphatic hydroxyl groups is 1. The largest absolute Gasteiger partial charge is 0.396 e. The SMILES string of the molecule is OCCCNc1cc(=S)nc(C2CC2)[nH]1. The molecule has 4 nitrogen and oxygen atoms in total. The van der Waals surface area contributed by atoms with E-state index in [1.807, 2.05) is 6.07 Å². The Bertz CT molecular complexity index is 386. The van der Waals surface area contributed by atoms with Crippen molar-refractivity contribution >= 4 is 18.0 Å². The van der Waals surface area contributed by atoms with E-state index >= 15 is 0 Å². The Morgan fingerprint density at radius 2 is 2.40 bits per heavy atom. The van der Waals surface area contributed by atoms with Crippen LogP contribution in [0, 0.1) is 4.64 Å². The van der Waals surface area contributed by atoms with Gasteiger partial charge in [-0.15, -0.1) is 0 Å². The number of aromatic amines is 1. The summed E-state index contributed by atoms with van der Waals surface area (Å²) in [7, 11) is 0. The van der Waals surface area contributed by atoms with Crippen molar-refractivity contribution in [3.05, 3.63) is 16.5 Å². The average Bonchev–Trinajstić information content (AvgIpc) is 3.00. The number of hydrogen-bond donors (Lipinski definition) is 3. The van der Waals surface area contributed by atoms with Crippen molar-refractivity contribution in [2.75, 3.05) is 18.5 Å². The highest BCUT2D eigenvalue weighted by molar-refractivity contribution is 7.71. The van der Waals surface area contributed by atoms with Gasteiger partial charge in [-0.05, 0) is 19.3 Å². The third-order valence-corrected chi connectivity index (χ3v) is 2.58. The van der Waals surface area contributed by atoms with Gasteiger partial charge >= 0.3 is 0 Å². The molecule has 0 amide bonds. The lowest BCUT2D eigenvalue weighted by Gasteiger charge is -2.07. The smallest absolute Gasteiger partial charge is 0.131 e. The topological polar surface area (TPSA) is 60.9 Å². The van der Waals surface area contributed by atoms with E-state index in [-0.39, 0.29) is 6.61 Å². The number of H-pyrrole nitrogens is 1. The highest BCUT2D eigenvalue weighted by atomic mass is 32.1. The summed E-state index contributed by atoms with van der Waals surface area (Å²) < 4.78 is 0.627. The Morgan fingerprint density at radius 1 is 1.60 bits per heavy atom. The maximum atomic E-state index is 8.67. The average molecular weight is 225 g/mol. The fourth-order valence-electron chi connectivity index (χ4n) is 1.42. The molecule has 1 heterocycles. The molecule has 5 heteroatoms. The van der Waals surface area contributed by atoms with Crippen molar-refractivity contribution in [1.29, 1.82) is 0 Å². The van der Waals surface area contributed by atoms with Crippen molar-refractivity contribution in [2.45, 2.75) is 25.2 Å². The molecule has 0 saturated heterocycles. The second-order valence-corrected chi connectivity index (χ2v) is 4.21. The minimum atomic E-state index is 0.203. The molecule has 2 rings (SSSR count). The molecule has 1 saturated carbocycles. The number of aliphatic hydroxyl groups excluding tert-OH is 1. The first-order valence-electron chi connectivity index (χ1n) is 5.25. The summed E-state index contributed by atoms with van der Waals surface area (Å²) in [6.45, 7) is 0.949. The predicted molar refractivity (Wildman–Crippen MR) is 61.6 cm³/mol. The lowest BCUT2D eigenvalue weighted by atomic mass is 10.4. The Balaban J connectivity index is 2.06. The Kier molecular flexibility index (Phi) is 3.33. The molecule has 0 unspecified atom stereocenters. The van der Waals surface area contributed by atoms with Crippen molar-refractivity contribution in [3.8, 4) is 0 Å². The predicted octanol–water partition coefficient (Wildman–Crippen LogP) is 1.81. The normalized spacial score (nSPS) is 15.3. The molecule has 0 atom stereocenters. The van der Waals surface area contributed by atoms with Crippen LogP contribution in [0.3, 0.4) is 0 Å². The minimum absolute atomic E-state index is 0.203. The summed E-state index contributed by atoms with van der Waals surface area (Å²) >= 11 is 5.09. The summed E-state index contributed by atoms with van der Waals surface area (Å²) in [6, 6.07) is 1.82. The van der Waals surface area contributed by atoms with E-state index in [9.17, 15) is 0 Å². The molecule has 1 fully saturated rings. The van der Waals surface area contributed by atoms with Crippen molar-refractivity contribution in [3.63, 3.8) is 0 Å². The molecule has 15 heavy (non-hydrogen) atoms. The van der Waals surface area contributed by atoms with E-state index in [1.165, 1.54) is 12.8 Å². The molecule has 3 N–H and O–H groups in total. The molecule has 1 aromatic rings. The zero-order valence-electron chi connectivity index (χ0n) is 8.49. The van der Waals surface area contributed by atoms with Crippen molar-refractivity contribution in [2.24, 2.45) is 0 Å². The highest BCUT2D eigenvalue weighted by Crippen LogP contribution is 2.38. The van der Waals surface area contributed by atoms with E-state index < -0.39 is 0 Å². The van der Waals surface area contributed by atoms with Crippen LogP contribution in [0.2, 0.25) is 0 Å². The number of rotatable bonds is 5. The van der Waals surface area contributed by atoms with Gasteiger partial charge in [0.2, 0.25) is 0 Å². The number of nitrogens with one attached hydrogen (secondary N) is 2. The van der Waals surface area contributed by atoms with E-state index in [1.54, 1.807) is 0 Å². The molecule has 1 aromatic heterocycles. The van der Waals surface area contributed by atoms with Gasteiger partial charge in [0.05, 0.1) is 0 Å². The molecule has 0 radical (unpaired) electrons. The van der Waals surface area contributed by atoms with Gasteiger partial charge in [0.25, 0.3) is 0 Å². The highest BCUT2D eigenvalue weighted by Gasteiger charge is 2.25. The lowest BCUT2D eigenvalue weighted by molar-refractivity contribution is 0.292. The summed E-state index contributed by atoms with van der Waals surface area (Å²) in [6.07, 6.45) is 3.15. The second kappa shape index (κ2) is 4.72. The molecular weight excluding hydrogens is 210 g/mol. The molecule has 1 aliphatic carbocycles. The molecule has 82 valence electrons. The van der Waals surface area contributed by atoms with Gasteiger partial charge in [-0.1, -0.05) is 12.2 Å². The Morgan fingerprint density at radius 3 is 3.07 bits per heavy atom. The Hall–Kier alpha value is -0.940. The summed E-state index contributed by atoms with van der Waals surface area (Å²) in [5, 5.41) is 11.9. The summed E-state index contributed by atoms with van der Waals surface area (Å²) in [4.78, 5) is 7.53. The van der Waals surface area contributed by atoms with Crippen LogP contribution < -0.4 is 5.32 Å². The van der Waals surface area contributed by atoms with Crippen LogP contribution >= 0.6 is 12.2 Å². The molecule has 0 bridgehead atoms. The van der Waals surface area contributed by atoms with Gasteiger partial charge in [-0.25, -0.2) is 4.98 Å². The van der Waals surface area contributed by atoms with Gasteiger partial charge in [0.15, 0.2) is 0 Å². The summed E-state index contributed by atoms with van der Waals surface area (Å²) in [5.41, 5.74) is 0. The van der Waals surface area contributed by atoms with Gasteiger partial charge < -0.3 is 15.4 Å². The van der Waals surface area contributed by atoms with Crippen molar-refractivity contribution in [1.82, 2.24) is 9.97 Å². The number of nitrogens with zero attached hydrogens (tertiary/aromatic N) is 1. The first-order valence-corrected chi connectivity index (χ1v) is 5.66. The first kappa shape index (κ1) is 10.6. The van der Waals surface area contributed by atoms with Crippen molar-refractivity contribution < 1.29 is 5.11 Å². The zero-order valence-corrected chi connectivity index (χ0v) is 9.31. The van der Waals surface area contributed by atoms with Crippen LogP contribution in [0.1, 0.15) is 31.0 Å². The molecule has 0 spiro atoms. The van der Waals surface area contributed by atoms with E-state index in [0.29, 0.717) is 10.6 Å². The fraction of sp³-hybridized carbons (Fsp3) is 0.600. The lowest BCUT2D eigenvalue weighted by Crippen LogP contribution is -2.06. The Labute approximate surface area is 93.8 Å². The first-order chi connectivity index (χ1) is 7.29. The van der Waals surface area contributed by atoms with Crippen LogP contribution in [0.15, 0.2) is 6.07 Å². The minimum Gasteiger partial charge on any atom is -0.396 e. The third-order valence-electron chi connectivity index (χ3n) is 2.38. The second-order valence-electron chi connectivity index (χ2n) is 3.80. The maximum Gasteiger partial charge on any atom is 0.131 e. The number of aromatic nitrogens is 2. The summed E-state index contributed by atoms with van der Waals surface area (Å²) in [5.74, 6) is 2.48. The van der Waals surface area contributed by atoms with E-state index in [4.69, 9.17) is 17.3 Å². The quantitative estimate of drug-likeness (QED) is 0.528. The monoisotopic (exact) mass is 225 g/mol. The van der Waals surface area contributed by atoms with Gasteiger partial charge in [-0.3, -0.25) is 0 Å². The van der Waals surface area contributed by atoms with Crippen LogP contribution in [-0.4, -0.2) is 28.2 Å².